The van der Waals surface area contributed by atoms with E-state index in [1.54, 1.807) is 0 Å². The first kappa shape index (κ1) is 16.2. The van der Waals surface area contributed by atoms with Crippen molar-refractivity contribution in [1.29, 1.82) is 0 Å². The van der Waals surface area contributed by atoms with Crippen LogP contribution in [0.25, 0.3) is 0 Å². The van der Waals surface area contributed by atoms with E-state index in [0.717, 1.165) is 45.3 Å². The average Bonchev–Trinajstić information content (AvgIpc) is 2.52. The minimum atomic E-state index is 0.303. The lowest BCUT2D eigenvalue weighted by Crippen LogP contribution is -2.35. The van der Waals surface area contributed by atoms with E-state index >= 15 is 0 Å². The third-order valence-electron chi connectivity index (χ3n) is 4.38. The van der Waals surface area contributed by atoms with Crippen LogP contribution in [0.3, 0.4) is 0 Å². The maximum Gasteiger partial charge on any atom is 0.147 e. The monoisotopic (exact) mass is 286 g/mol. The Kier molecular flexibility index (Phi) is 7.28. The van der Waals surface area contributed by atoms with Gasteiger partial charge in [0.15, 0.2) is 0 Å². The lowest BCUT2D eigenvalue weighted by Gasteiger charge is -2.30. The van der Waals surface area contributed by atoms with Crippen LogP contribution in [-0.4, -0.2) is 44.4 Å². The quantitative estimate of drug-likeness (QED) is 0.673. The van der Waals surface area contributed by atoms with Gasteiger partial charge in [-0.25, -0.2) is 0 Å². The van der Waals surface area contributed by atoms with E-state index in [0.29, 0.717) is 31.2 Å². The molecule has 0 aliphatic carbocycles. The zero-order valence-corrected chi connectivity index (χ0v) is 13.0. The fraction of sp³-hybridized carbons (Fsp3) is 1.00. The summed E-state index contributed by atoms with van der Waals surface area (Å²) in [7, 11) is 0. The first-order valence-electron chi connectivity index (χ1n) is 8.28. The zero-order chi connectivity index (χ0) is 14.2. The van der Waals surface area contributed by atoms with Crippen molar-refractivity contribution in [2.24, 2.45) is 0 Å². The summed E-state index contributed by atoms with van der Waals surface area (Å²) in [5.74, 6) is 0. The van der Waals surface area contributed by atoms with E-state index in [1.807, 2.05) is 0 Å². The van der Waals surface area contributed by atoms with E-state index in [9.17, 15) is 0 Å². The molecule has 0 aromatic heterocycles. The standard InChI is InChI=1S/C16H30O4/c1-3-13-9-15(20-12-19-13)7-5-6-8-16-11-17-14(4-2)10-18-16/h13-16H,3-12H2,1-2H3. The van der Waals surface area contributed by atoms with E-state index in [-0.39, 0.29) is 0 Å². The van der Waals surface area contributed by atoms with E-state index in [4.69, 9.17) is 18.9 Å². The van der Waals surface area contributed by atoms with Crippen LogP contribution in [-0.2, 0) is 18.9 Å². The van der Waals surface area contributed by atoms with Crippen LogP contribution in [0, 0.1) is 0 Å². The van der Waals surface area contributed by atoms with Crippen molar-refractivity contribution in [3.63, 3.8) is 0 Å². The fourth-order valence-corrected chi connectivity index (χ4v) is 2.88. The predicted octanol–water partition coefficient (Wildman–Crippen LogP) is 3.28. The number of rotatable bonds is 7. The maximum atomic E-state index is 5.83. The summed E-state index contributed by atoms with van der Waals surface area (Å²) < 4.78 is 22.8. The molecule has 118 valence electrons. The number of unbranched alkanes of at least 4 members (excludes halogenated alkanes) is 1. The molecular formula is C16H30O4. The van der Waals surface area contributed by atoms with E-state index in [1.165, 1.54) is 12.8 Å². The van der Waals surface area contributed by atoms with Gasteiger partial charge in [0.25, 0.3) is 0 Å². The lowest BCUT2D eigenvalue weighted by molar-refractivity contribution is -0.177. The molecule has 2 fully saturated rings. The van der Waals surface area contributed by atoms with Gasteiger partial charge in [-0.1, -0.05) is 26.7 Å². The van der Waals surface area contributed by atoms with Crippen molar-refractivity contribution in [3.8, 4) is 0 Å². The Morgan fingerprint density at radius 2 is 1.30 bits per heavy atom. The van der Waals surface area contributed by atoms with Gasteiger partial charge in [0.1, 0.15) is 6.79 Å². The van der Waals surface area contributed by atoms with Gasteiger partial charge in [-0.3, -0.25) is 0 Å². The molecule has 2 aliphatic rings. The molecular weight excluding hydrogens is 256 g/mol. The first-order valence-corrected chi connectivity index (χ1v) is 8.28. The van der Waals surface area contributed by atoms with Gasteiger partial charge in [0, 0.05) is 0 Å². The SMILES string of the molecule is CCC1COC(CCCCC2CC(CC)OCO2)CO1. The van der Waals surface area contributed by atoms with Crippen molar-refractivity contribution in [2.75, 3.05) is 20.0 Å². The van der Waals surface area contributed by atoms with Crippen LogP contribution >= 0.6 is 0 Å². The smallest absolute Gasteiger partial charge is 0.147 e. The van der Waals surface area contributed by atoms with Crippen molar-refractivity contribution < 1.29 is 18.9 Å². The molecule has 0 aromatic carbocycles. The molecule has 0 aromatic rings. The lowest BCUT2D eigenvalue weighted by atomic mass is 10.0. The molecule has 4 unspecified atom stereocenters. The number of hydrogen-bond acceptors (Lipinski definition) is 4. The largest absolute Gasteiger partial charge is 0.373 e. The maximum absolute atomic E-state index is 5.83. The summed E-state index contributed by atoms with van der Waals surface area (Å²) in [6.07, 6.45) is 9.25. The minimum absolute atomic E-state index is 0.303. The summed E-state index contributed by atoms with van der Waals surface area (Å²) in [4.78, 5) is 0. The van der Waals surface area contributed by atoms with Gasteiger partial charge in [-0.15, -0.1) is 0 Å². The highest BCUT2D eigenvalue weighted by atomic mass is 16.7. The molecule has 0 bridgehead atoms. The second-order valence-corrected chi connectivity index (χ2v) is 5.94. The Bertz CT molecular complexity index is 251. The molecule has 0 radical (unpaired) electrons. The molecule has 0 N–H and O–H groups in total. The Labute approximate surface area is 123 Å². The average molecular weight is 286 g/mol. The van der Waals surface area contributed by atoms with Gasteiger partial charge in [-0.2, -0.15) is 0 Å². The highest BCUT2D eigenvalue weighted by Gasteiger charge is 2.23. The van der Waals surface area contributed by atoms with Gasteiger partial charge >= 0.3 is 0 Å². The molecule has 0 saturated carbocycles. The van der Waals surface area contributed by atoms with Crippen LogP contribution < -0.4 is 0 Å². The van der Waals surface area contributed by atoms with E-state index < -0.39 is 0 Å². The van der Waals surface area contributed by atoms with Crippen LogP contribution in [0.4, 0.5) is 0 Å². The molecule has 0 spiro atoms. The third-order valence-corrected chi connectivity index (χ3v) is 4.38. The topological polar surface area (TPSA) is 36.9 Å². The van der Waals surface area contributed by atoms with Crippen molar-refractivity contribution in [2.45, 2.75) is 83.2 Å². The number of ether oxygens (including phenoxy) is 4. The third kappa shape index (κ3) is 5.32. The Hall–Kier alpha value is -0.160. The molecule has 4 atom stereocenters. The second-order valence-electron chi connectivity index (χ2n) is 5.94. The highest BCUT2D eigenvalue weighted by Crippen LogP contribution is 2.21. The summed E-state index contributed by atoms with van der Waals surface area (Å²) in [5.41, 5.74) is 0. The Balaban J connectivity index is 1.51. The molecule has 2 heterocycles. The van der Waals surface area contributed by atoms with Crippen molar-refractivity contribution in [1.82, 2.24) is 0 Å². The fourth-order valence-electron chi connectivity index (χ4n) is 2.88. The summed E-state index contributed by atoms with van der Waals surface area (Å²) in [6, 6.07) is 0. The summed E-state index contributed by atoms with van der Waals surface area (Å²) >= 11 is 0. The van der Waals surface area contributed by atoms with Crippen LogP contribution in [0.15, 0.2) is 0 Å². The van der Waals surface area contributed by atoms with Crippen LogP contribution in [0.5, 0.6) is 0 Å². The van der Waals surface area contributed by atoms with Gasteiger partial charge in [-0.05, 0) is 32.1 Å². The number of hydrogen-bond donors (Lipinski definition) is 0. The zero-order valence-electron chi connectivity index (χ0n) is 13.0. The first-order chi connectivity index (χ1) is 9.81. The predicted molar refractivity (Wildman–Crippen MR) is 77.8 cm³/mol. The van der Waals surface area contributed by atoms with E-state index in [2.05, 4.69) is 13.8 Å². The van der Waals surface area contributed by atoms with Crippen molar-refractivity contribution >= 4 is 0 Å². The Morgan fingerprint density at radius 3 is 1.95 bits per heavy atom. The molecule has 0 amide bonds. The van der Waals surface area contributed by atoms with Gasteiger partial charge in [0.2, 0.25) is 0 Å². The van der Waals surface area contributed by atoms with Crippen LogP contribution in [0.1, 0.15) is 58.8 Å². The highest BCUT2D eigenvalue weighted by molar-refractivity contribution is 4.70. The minimum Gasteiger partial charge on any atom is -0.373 e. The molecule has 2 rings (SSSR count). The molecule has 4 heteroatoms. The Morgan fingerprint density at radius 1 is 0.700 bits per heavy atom. The van der Waals surface area contributed by atoms with Gasteiger partial charge < -0.3 is 18.9 Å². The summed E-state index contributed by atoms with van der Waals surface area (Å²) in [6.45, 7) is 6.33. The molecule has 20 heavy (non-hydrogen) atoms. The normalized spacial score (nSPS) is 35.1. The molecule has 4 nitrogen and oxygen atoms in total. The molecule has 2 aliphatic heterocycles. The summed E-state index contributed by atoms with van der Waals surface area (Å²) in [5, 5.41) is 0. The molecule has 2 saturated heterocycles. The van der Waals surface area contributed by atoms with Crippen molar-refractivity contribution in [3.05, 3.63) is 0 Å². The van der Waals surface area contributed by atoms with Crippen LogP contribution in [0.2, 0.25) is 0 Å². The van der Waals surface area contributed by atoms with Gasteiger partial charge in [0.05, 0.1) is 37.6 Å². The second kappa shape index (κ2) is 8.98.